The first kappa shape index (κ1) is 9.04. The number of rotatable bonds is 1. The average Bonchev–Trinajstić information content (AvgIpc) is 2.59. The highest BCUT2D eigenvalue weighted by molar-refractivity contribution is 6.30. The van der Waals surface area contributed by atoms with E-state index in [0.717, 1.165) is 22.6 Å². The Labute approximate surface area is 83.3 Å². The summed E-state index contributed by atoms with van der Waals surface area (Å²) in [6, 6.07) is 5.67. The Bertz CT molecular complexity index is 348. The van der Waals surface area contributed by atoms with Gasteiger partial charge < -0.3 is 5.11 Å². The molecule has 0 heterocycles. The smallest absolute Gasteiger partial charge is 0.0929 e. The molecule has 1 N–H and O–H groups in total. The van der Waals surface area contributed by atoms with Gasteiger partial charge >= 0.3 is 0 Å². The van der Waals surface area contributed by atoms with E-state index in [2.05, 4.69) is 6.92 Å². The molecule has 1 fully saturated rings. The molecule has 0 bridgehead atoms. The van der Waals surface area contributed by atoms with Crippen molar-refractivity contribution in [2.24, 2.45) is 5.92 Å². The van der Waals surface area contributed by atoms with E-state index in [-0.39, 0.29) is 0 Å². The lowest BCUT2D eigenvalue weighted by atomic mass is 10.0. The third-order valence-corrected chi connectivity index (χ3v) is 3.16. The zero-order valence-electron chi connectivity index (χ0n) is 7.84. The quantitative estimate of drug-likeness (QED) is 0.733. The van der Waals surface area contributed by atoms with Crippen LogP contribution in [0, 0.1) is 12.8 Å². The van der Waals surface area contributed by atoms with Gasteiger partial charge in [-0.25, -0.2) is 0 Å². The molecule has 0 spiro atoms. The van der Waals surface area contributed by atoms with Gasteiger partial charge in [0.1, 0.15) is 0 Å². The molecule has 1 saturated carbocycles. The van der Waals surface area contributed by atoms with Crippen molar-refractivity contribution in [3.8, 4) is 0 Å². The molecule has 13 heavy (non-hydrogen) atoms. The van der Waals surface area contributed by atoms with E-state index in [4.69, 9.17) is 11.6 Å². The fraction of sp³-hybridized carbons (Fsp3) is 0.455. The number of hydrogen-bond acceptors (Lipinski definition) is 1. The molecule has 1 aromatic carbocycles. The van der Waals surface area contributed by atoms with E-state index in [9.17, 15) is 5.11 Å². The average molecular weight is 197 g/mol. The first-order valence-corrected chi connectivity index (χ1v) is 4.91. The Morgan fingerprint density at radius 2 is 2.15 bits per heavy atom. The van der Waals surface area contributed by atoms with E-state index in [1.165, 1.54) is 0 Å². The fourth-order valence-electron chi connectivity index (χ4n) is 1.90. The zero-order valence-corrected chi connectivity index (χ0v) is 8.60. The first-order chi connectivity index (χ1) is 6.04. The first-order valence-electron chi connectivity index (χ1n) is 4.53. The molecule has 1 aliphatic carbocycles. The third-order valence-electron chi connectivity index (χ3n) is 2.93. The second-order valence-electron chi connectivity index (χ2n) is 3.99. The Morgan fingerprint density at radius 1 is 1.54 bits per heavy atom. The van der Waals surface area contributed by atoms with Gasteiger partial charge in [-0.1, -0.05) is 24.6 Å². The van der Waals surface area contributed by atoms with Crippen molar-refractivity contribution in [3.05, 3.63) is 34.3 Å². The predicted octanol–water partition coefficient (Wildman–Crippen LogP) is 2.88. The normalized spacial score (nSPS) is 31.8. The molecular formula is C11H13ClO. The molecule has 1 aromatic rings. The zero-order chi connectivity index (χ0) is 9.64. The van der Waals surface area contributed by atoms with E-state index >= 15 is 0 Å². The van der Waals surface area contributed by atoms with Crippen molar-refractivity contribution in [2.75, 3.05) is 0 Å². The maximum atomic E-state index is 10.1. The monoisotopic (exact) mass is 196 g/mol. The molecule has 1 nitrogen and oxygen atoms in total. The van der Waals surface area contributed by atoms with Crippen molar-refractivity contribution in [2.45, 2.75) is 25.9 Å². The van der Waals surface area contributed by atoms with Gasteiger partial charge in [0.2, 0.25) is 0 Å². The topological polar surface area (TPSA) is 20.2 Å². The lowest BCUT2D eigenvalue weighted by Gasteiger charge is -2.12. The summed E-state index contributed by atoms with van der Waals surface area (Å²) in [4.78, 5) is 0. The molecule has 0 aliphatic heterocycles. The molecule has 2 unspecified atom stereocenters. The van der Waals surface area contributed by atoms with Gasteiger partial charge in [0.05, 0.1) is 5.60 Å². The van der Waals surface area contributed by atoms with Crippen molar-refractivity contribution < 1.29 is 5.11 Å². The minimum atomic E-state index is -0.575. The molecule has 1 aliphatic rings. The third kappa shape index (κ3) is 1.36. The minimum Gasteiger partial charge on any atom is -0.385 e. The van der Waals surface area contributed by atoms with Crippen molar-refractivity contribution >= 4 is 11.6 Å². The van der Waals surface area contributed by atoms with Crippen LogP contribution in [0.4, 0.5) is 0 Å². The van der Waals surface area contributed by atoms with Gasteiger partial charge in [0.15, 0.2) is 0 Å². The summed E-state index contributed by atoms with van der Waals surface area (Å²) in [5.41, 5.74) is 1.54. The standard InChI is InChI=1S/C11H13ClO/c1-7-5-9(12)3-4-10(7)11(13)6-8(11)2/h3-5,8,13H,6H2,1-2H3. The highest BCUT2D eigenvalue weighted by Crippen LogP contribution is 2.52. The highest BCUT2D eigenvalue weighted by Gasteiger charge is 2.51. The summed E-state index contributed by atoms with van der Waals surface area (Å²) in [7, 11) is 0. The van der Waals surface area contributed by atoms with Crippen molar-refractivity contribution in [3.63, 3.8) is 0 Å². The Balaban J connectivity index is 2.42. The van der Waals surface area contributed by atoms with Crippen LogP contribution < -0.4 is 0 Å². The highest BCUT2D eigenvalue weighted by atomic mass is 35.5. The van der Waals surface area contributed by atoms with Gasteiger partial charge in [-0.15, -0.1) is 0 Å². The fourth-order valence-corrected chi connectivity index (χ4v) is 2.12. The molecule has 0 aromatic heterocycles. The Morgan fingerprint density at radius 3 is 2.62 bits per heavy atom. The van der Waals surface area contributed by atoms with E-state index in [1.54, 1.807) is 0 Å². The second kappa shape index (κ2) is 2.73. The lowest BCUT2D eigenvalue weighted by Crippen LogP contribution is -2.09. The number of aryl methyl sites for hydroxylation is 1. The summed E-state index contributed by atoms with van der Waals surface area (Å²) in [5.74, 6) is 0.382. The van der Waals surface area contributed by atoms with Gasteiger partial charge in [-0.3, -0.25) is 0 Å². The Hall–Kier alpha value is -0.530. The molecule has 2 heteroatoms. The van der Waals surface area contributed by atoms with Gasteiger partial charge in [-0.2, -0.15) is 0 Å². The van der Waals surface area contributed by atoms with Crippen LogP contribution in [0.2, 0.25) is 5.02 Å². The van der Waals surface area contributed by atoms with Gasteiger partial charge in [0, 0.05) is 5.02 Å². The summed E-state index contributed by atoms with van der Waals surface area (Å²) < 4.78 is 0. The molecule has 2 atom stereocenters. The largest absolute Gasteiger partial charge is 0.385 e. The van der Waals surface area contributed by atoms with Crippen LogP contribution in [0.1, 0.15) is 24.5 Å². The maximum Gasteiger partial charge on any atom is 0.0929 e. The molecule has 0 saturated heterocycles. The maximum absolute atomic E-state index is 10.1. The number of halogens is 1. The van der Waals surface area contributed by atoms with Gasteiger partial charge in [-0.05, 0) is 42.5 Å². The predicted molar refractivity (Wildman–Crippen MR) is 53.9 cm³/mol. The van der Waals surface area contributed by atoms with Crippen LogP contribution in [0.3, 0.4) is 0 Å². The summed E-state index contributed by atoms with van der Waals surface area (Å²) >= 11 is 5.84. The summed E-state index contributed by atoms with van der Waals surface area (Å²) in [5, 5.41) is 10.8. The SMILES string of the molecule is Cc1cc(Cl)ccc1C1(O)CC1C. The van der Waals surface area contributed by atoms with Crippen LogP contribution in [0.5, 0.6) is 0 Å². The Kier molecular flexibility index (Phi) is 1.90. The molecule has 0 radical (unpaired) electrons. The second-order valence-corrected chi connectivity index (χ2v) is 4.43. The van der Waals surface area contributed by atoms with Crippen LogP contribution in [-0.4, -0.2) is 5.11 Å². The van der Waals surface area contributed by atoms with E-state index < -0.39 is 5.60 Å². The number of benzene rings is 1. The van der Waals surface area contributed by atoms with Crippen LogP contribution in [-0.2, 0) is 5.60 Å². The van der Waals surface area contributed by atoms with Gasteiger partial charge in [0.25, 0.3) is 0 Å². The van der Waals surface area contributed by atoms with Crippen LogP contribution in [0.25, 0.3) is 0 Å². The molecule has 0 amide bonds. The summed E-state index contributed by atoms with van der Waals surface area (Å²) in [6.45, 7) is 4.05. The van der Waals surface area contributed by atoms with E-state index in [1.807, 2.05) is 25.1 Å². The number of aliphatic hydroxyl groups is 1. The van der Waals surface area contributed by atoms with Crippen molar-refractivity contribution in [1.29, 1.82) is 0 Å². The van der Waals surface area contributed by atoms with Crippen LogP contribution >= 0.6 is 11.6 Å². The molecule has 70 valence electrons. The summed E-state index contributed by atoms with van der Waals surface area (Å²) in [6.07, 6.45) is 0.871. The molecular weight excluding hydrogens is 184 g/mol. The van der Waals surface area contributed by atoms with E-state index in [0.29, 0.717) is 5.92 Å². The van der Waals surface area contributed by atoms with Crippen LogP contribution in [0.15, 0.2) is 18.2 Å². The number of hydrogen-bond donors (Lipinski definition) is 1. The molecule has 2 rings (SSSR count). The lowest BCUT2D eigenvalue weighted by molar-refractivity contribution is 0.134. The minimum absolute atomic E-state index is 0.382. The van der Waals surface area contributed by atoms with Crippen molar-refractivity contribution in [1.82, 2.24) is 0 Å².